The van der Waals surface area contributed by atoms with Crippen molar-refractivity contribution in [2.45, 2.75) is 19.8 Å². The predicted octanol–water partition coefficient (Wildman–Crippen LogP) is 1.82. The normalized spacial score (nSPS) is 10.0. The highest BCUT2D eigenvalue weighted by atomic mass is 19.1. The van der Waals surface area contributed by atoms with Crippen molar-refractivity contribution in [1.29, 1.82) is 0 Å². The van der Waals surface area contributed by atoms with E-state index in [1.54, 1.807) is 0 Å². The Morgan fingerprint density at radius 1 is 1.42 bits per heavy atom. The topological polar surface area (TPSA) is 75.6 Å². The molecule has 1 aromatic rings. The molecule has 0 bridgehead atoms. The van der Waals surface area contributed by atoms with Gasteiger partial charge in [0.2, 0.25) is 0 Å². The van der Waals surface area contributed by atoms with E-state index in [1.165, 1.54) is 12.1 Å². The van der Waals surface area contributed by atoms with Crippen LogP contribution in [0.15, 0.2) is 18.2 Å². The van der Waals surface area contributed by atoms with Gasteiger partial charge in [-0.25, -0.2) is 9.18 Å². The minimum Gasteiger partial charge on any atom is -0.483 e. The number of nitrogens with one attached hydrogen (secondary N) is 1. The van der Waals surface area contributed by atoms with E-state index in [9.17, 15) is 14.0 Å². The summed E-state index contributed by atoms with van der Waals surface area (Å²) in [5.74, 6) is -2.84. The third kappa shape index (κ3) is 4.57. The molecule has 0 unspecified atom stereocenters. The molecule has 0 radical (unpaired) electrons. The molecule has 6 heteroatoms. The van der Waals surface area contributed by atoms with Crippen LogP contribution >= 0.6 is 0 Å². The van der Waals surface area contributed by atoms with Crippen molar-refractivity contribution < 1.29 is 23.8 Å². The van der Waals surface area contributed by atoms with Crippen LogP contribution in [0.1, 0.15) is 30.1 Å². The molecule has 0 aliphatic carbocycles. The van der Waals surface area contributed by atoms with Crippen molar-refractivity contribution in [3.63, 3.8) is 0 Å². The summed E-state index contributed by atoms with van der Waals surface area (Å²) in [6.45, 7) is 2.19. The Balaban J connectivity index is 2.60. The average molecular weight is 269 g/mol. The SMILES string of the molecule is CCCCNC(=O)COc1cccc(F)c1C(=O)O. The van der Waals surface area contributed by atoms with Crippen LogP contribution < -0.4 is 10.1 Å². The molecule has 0 aliphatic heterocycles. The minimum absolute atomic E-state index is 0.154. The van der Waals surface area contributed by atoms with Gasteiger partial charge in [-0.3, -0.25) is 4.79 Å². The van der Waals surface area contributed by atoms with Gasteiger partial charge in [-0.2, -0.15) is 0 Å². The molecule has 0 aliphatic rings. The third-order valence-corrected chi connectivity index (χ3v) is 2.40. The van der Waals surface area contributed by atoms with Crippen molar-refractivity contribution in [2.75, 3.05) is 13.2 Å². The Bertz CT molecular complexity index is 462. The second-order valence-corrected chi connectivity index (χ2v) is 3.91. The van der Waals surface area contributed by atoms with Crippen LogP contribution in [-0.4, -0.2) is 30.1 Å². The van der Waals surface area contributed by atoms with Gasteiger partial charge < -0.3 is 15.2 Å². The fraction of sp³-hybridized carbons (Fsp3) is 0.385. The maximum atomic E-state index is 13.3. The molecule has 0 heterocycles. The van der Waals surface area contributed by atoms with Gasteiger partial charge in [0, 0.05) is 6.54 Å². The highest BCUT2D eigenvalue weighted by molar-refractivity contribution is 5.91. The average Bonchev–Trinajstić information content (AvgIpc) is 2.36. The van der Waals surface area contributed by atoms with E-state index < -0.39 is 17.3 Å². The van der Waals surface area contributed by atoms with E-state index in [0.29, 0.717) is 6.54 Å². The first-order valence-corrected chi connectivity index (χ1v) is 5.97. The molecule has 0 spiro atoms. The summed E-state index contributed by atoms with van der Waals surface area (Å²) in [5, 5.41) is 11.5. The van der Waals surface area contributed by atoms with Crippen molar-refractivity contribution in [3.8, 4) is 5.75 Å². The maximum absolute atomic E-state index is 13.3. The van der Waals surface area contributed by atoms with Crippen molar-refractivity contribution >= 4 is 11.9 Å². The highest BCUT2D eigenvalue weighted by Gasteiger charge is 2.17. The maximum Gasteiger partial charge on any atom is 0.342 e. The smallest absolute Gasteiger partial charge is 0.342 e. The molecule has 0 atom stereocenters. The van der Waals surface area contributed by atoms with Crippen molar-refractivity contribution in [1.82, 2.24) is 5.32 Å². The number of halogens is 1. The van der Waals surface area contributed by atoms with Crippen LogP contribution in [-0.2, 0) is 4.79 Å². The van der Waals surface area contributed by atoms with Gasteiger partial charge in [0.15, 0.2) is 6.61 Å². The number of benzene rings is 1. The molecule has 0 saturated carbocycles. The lowest BCUT2D eigenvalue weighted by Gasteiger charge is -2.09. The summed E-state index contributed by atoms with van der Waals surface area (Å²) < 4.78 is 18.4. The standard InChI is InChI=1S/C13H16FNO4/c1-2-3-7-15-11(16)8-19-10-6-4-5-9(14)12(10)13(17)18/h4-6H,2-3,7-8H2,1H3,(H,15,16)(H,17,18). The Morgan fingerprint density at radius 3 is 2.79 bits per heavy atom. The molecule has 104 valence electrons. The Morgan fingerprint density at radius 2 is 2.16 bits per heavy atom. The van der Waals surface area contributed by atoms with Crippen molar-refractivity contribution in [2.24, 2.45) is 0 Å². The summed E-state index contributed by atoms with van der Waals surface area (Å²) in [6, 6.07) is 3.66. The van der Waals surface area contributed by atoms with Crippen LogP contribution in [0.4, 0.5) is 4.39 Å². The lowest BCUT2D eigenvalue weighted by Crippen LogP contribution is -2.29. The molecule has 0 fully saturated rings. The molecule has 19 heavy (non-hydrogen) atoms. The van der Waals surface area contributed by atoms with Gasteiger partial charge >= 0.3 is 5.97 Å². The number of amides is 1. The molecule has 2 N–H and O–H groups in total. The number of carboxylic acids is 1. The number of rotatable bonds is 7. The first-order valence-electron chi connectivity index (χ1n) is 5.97. The van der Waals surface area contributed by atoms with E-state index in [4.69, 9.17) is 9.84 Å². The fourth-order valence-corrected chi connectivity index (χ4v) is 1.43. The Labute approximate surface area is 110 Å². The number of carbonyl (C=O) groups excluding carboxylic acids is 1. The lowest BCUT2D eigenvalue weighted by molar-refractivity contribution is -0.123. The van der Waals surface area contributed by atoms with Gasteiger partial charge in [0.1, 0.15) is 17.1 Å². The molecule has 1 amide bonds. The minimum atomic E-state index is -1.43. The molecular formula is C13H16FNO4. The van der Waals surface area contributed by atoms with E-state index in [-0.39, 0.29) is 18.3 Å². The number of hydrogen-bond donors (Lipinski definition) is 2. The van der Waals surface area contributed by atoms with Crippen LogP contribution in [0.3, 0.4) is 0 Å². The zero-order chi connectivity index (χ0) is 14.3. The second kappa shape index (κ2) is 7.35. The van der Waals surface area contributed by atoms with Gasteiger partial charge in [-0.15, -0.1) is 0 Å². The second-order valence-electron chi connectivity index (χ2n) is 3.91. The van der Waals surface area contributed by atoms with E-state index in [2.05, 4.69) is 5.32 Å². The van der Waals surface area contributed by atoms with Crippen LogP contribution in [0, 0.1) is 5.82 Å². The lowest BCUT2D eigenvalue weighted by atomic mass is 10.2. The quantitative estimate of drug-likeness (QED) is 0.740. The zero-order valence-corrected chi connectivity index (χ0v) is 10.6. The number of unbranched alkanes of at least 4 members (excludes halogenated alkanes) is 1. The Hall–Kier alpha value is -2.11. The van der Waals surface area contributed by atoms with Crippen LogP contribution in [0.2, 0.25) is 0 Å². The molecule has 0 saturated heterocycles. The van der Waals surface area contributed by atoms with Crippen LogP contribution in [0.5, 0.6) is 5.75 Å². The number of carboxylic acid groups (broad SMARTS) is 1. The van der Waals surface area contributed by atoms with E-state index in [1.807, 2.05) is 6.92 Å². The number of aromatic carboxylic acids is 1. The number of hydrogen-bond acceptors (Lipinski definition) is 3. The summed E-state index contributed by atoms with van der Waals surface area (Å²) in [4.78, 5) is 22.3. The van der Waals surface area contributed by atoms with Gasteiger partial charge in [0.05, 0.1) is 0 Å². The highest BCUT2D eigenvalue weighted by Crippen LogP contribution is 2.21. The number of ether oxygens (including phenoxy) is 1. The van der Waals surface area contributed by atoms with Gasteiger partial charge in [-0.05, 0) is 18.6 Å². The van der Waals surface area contributed by atoms with Crippen LogP contribution in [0.25, 0.3) is 0 Å². The molecule has 1 aromatic carbocycles. The monoisotopic (exact) mass is 269 g/mol. The first-order chi connectivity index (χ1) is 9.06. The molecule has 0 aromatic heterocycles. The molecular weight excluding hydrogens is 253 g/mol. The predicted molar refractivity (Wildman–Crippen MR) is 66.8 cm³/mol. The zero-order valence-electron chi connectivity index (χ0n) is 10.6. The van der Waals surface area contributed by atoms with E-state index in [0.717, 1.165) is 18.9 Å². The first kappa shape index (κ1) is 14.9. The summed E-state index contributed by atoms with van der Waals surface area (Å²) >= 11 is 0. The van der Waals surface area contributed by atoms with Gasteiger partial charge in [0.25, 0.3) is 5.91 Å². The van der Waals surface area contributed by atoms with Crippen molar-refractivity contribution in [3.05, 3.63) is 29.6 Å². The molecule has 1 rings (SSSR count). The number of carbonyl (C=O) groups is 2. The molecule has 5 nitrogen and oxygen atoms in total. The van der Waals surface area contributed by atoms with E-state index >= 15 is 0 Å². The summed E-state index contributed by atoms with van der Waals surface area (Å²) in [7, 11) is 0. The fourth-order valence-electron chi connectivity index (χ4n) is 1.43. The summed E-state index contributed by atoms with van der Waals surface area (Å²) in [5.41, 5.74) is -0.566. The van der Waals surface area contributed by atoms with Gasteiger partial charge in [-0.1, -0.05) is 19.4 Å². The summed E-state index contributed by atoms with van der Waals surface area (Å²) in [6.07, 6.45) is 1.81. The largest absolute Gasteiger partial charge is 0.483 e. The Kier molecular flexibility index (Phi) is 5.78. The third-order valence-electron chi connectivity index (χ3n) is 2.40.